The zero-order valence-electron chi connectivity index (χ0n) is 39.8. The van der Waals surface area contributed by atoms with Gasteiger partial charge in [0, 0.05) is 27.9 Å². The highest BCUT2D eigenvalue weighted by atomic mass is 15.1. The Kier molecular flexibility index (Phi) is 9.09. The molecule has 334 valence electrons. The van der Waals surface area contributed by atoms with Gasteiger partial charge in [-0.1, -0.05) is 227 Å². The highest BCUT2D eigenvalue weighted by Gasteiger charge is 2.48. The van der Waals surface area contributed by atoms with Crippen LogP contribution >= 0.6 is 0 Å². The first kappa shape index (κ1) is 41.0. The monoisotopic (exact) mass is 895 g/mol. The first-order chi connectivity index (χ1) is 34.5. The molecule has 1 nitrogen and oxygen atoms in total. The summed E-state index contributed by atoms with van der Waals surface area (Å²) < 4.78 is 0. The quantitative estimate of drug-likeness (QED) is 0.154. The van der Waals surface area contributed by atoms with Gasteiger partial charge in [0.25, 0.3) is 0 Å². The lowest BCUT2D eigenvalue weighted by molar-refractivity contribution is 0.550. The summed E-state index contributed by atoms with van der Waals surface area (Å²) in [4.78, 5) is 2.54. The smallest absolute Gasteiger partial charge is 0.0714 e. The highest BCUT2D eigenvalue weighted by Crippen LogP contribution is 2.60. The fraction of sp³-hybridized carbons (Fsp3) is 0.130. The van der Waals surface area contributed by atoms with Gasteiger partial charge in [-0.15, -0.1) is 0 Å². The molecule has 4 aliphatic carbocycles. The summed E-state index contributed by atoms with van der Waals surface area (Å²) in [6.07, 6.45) is 4.90. The SMILES string of the molecule is CC1(C)c2ccccc2-c2cccc(-c3ccccc3-c3ccc(N(c4ccc5c(c4)C4(CCCC4)c4ccccc4-5)c4ccc5c(c4)C(c4ccccc4)(c4ccccc4)c4ccccc4-5)cc3)c21. The summed E-state index contributed by atoms with van der Waals surface area (Å²) in [6, 6.07) is 89.6. The summed E-state index contributed by atoms with van der Waals surface area (Å²) in [5, 5.41) is 0. The molecule has 4 aliphatic rings. The number of hydrogen-bond donors (Lipinski definition) is 0. The zero-order chi connectivity index (χ0) is 46.6. The van der Waals surface area contributed by atoms with Gasteiger partial charge in [-0.05, 0) is 149 Å². The standard InChI is InChI=1S/C69H53N/c1-67(2)61-31-14-11-28-56(61)60-30-19-29-59(66(60)67)53-25-10-9-24-52(53)46-34-36-49(37-35-46)70(50-38-40-57-54-26-12-15-32-62(54)68(64(57)44-50)42-17-18-43-68)51-39-41-58-55-27-13-16-33-63(55)69(65(58)45-51,47-20-5-3-6-21-47)48-22-7-4-8-23-48/h3-16,19-41,44-45H,17-18,42-43H2,1-2H3. The third-order valence-electron chi connectivity index (χ3n) is 16.9. The lowest BCUT2D eigenvalue weighted by Crippen LogP contribution is -2.28. The molecule has 10 aromatic rings. The average Bonchev–Trinajstić information content (AvgIpc) is 4.16. The lowest BCUT2D eigenvalue weighted by atomic mass is 9.67. The minimum atomic E-state index is -0.509. The van der Waals surface area contributed by atoms with E-state index in [0.29, 0.717) is 0 Å². The van der Waals surface area contributed by atoms with Crippen LogP contribution in [0.3, 0.4) is 0 Å². The molecular formula is C69H53N. The van der Waals surface area contributed by atoms with Crippen LogP contribution in [0.4, 0.5) is 17.1 Å². The molecule has 0 atom stereocenters. The molecule has 0 N–H and O–H groups in total. The van der Waals surface area contributed by atoms with E-state index in [1.807, 2.05) is 0 Å². The Labute approximate surface area is 412 Å². The summed E-state index contributed by atoms with van der Waals surface area (Å²) >= 11 is 0. The number of hydrogen-bond acceptors (Lipinski definition) is 1. The highest BCUT2D eigenvalue weighted by molar-refractivity contribution is 5.95. The number of benzene rings is 10. The van der Waals surface area contributed by atoms with Crippen molar-refractivity contribution in [1.82, 2.24) is 0 Å². The number of fused-ring (bicyclic) bond motifs is 11. The maximum absolute atomic E-state index is 2.56. The van der Waals surface area contributed by atoms with Crippen LogP contribution in [-0.2, 0) is 16.2 Å². The molecule has 0 bridgehead atoms. The number of rotatable bonds is 7. The molecule has 0 saturated heterocycles. The van der Waals surface area contributed by atoms with Gasteiger partial charge in [0.05, 0.1) is 5.41 Å². The number of anilines is 3. The first-order valence-corrected chi connectivity index (χ1v) is 25.3. The van der Waals surface area contributed by atoms with Gasteiger partial charge < -0.3 is 4.90 Å². The Morgan fingerprint density at radius 3 is 1.37 bits per heavy atom. The first-order valence-electron chi connectivity index (χ1n) is 25.3. The van der Waals surface area contributed by atoms with Gasteiger partial charge in [-0.3, -0.25) is 0 Å². The molecule has 0 radical (unpaired) electrons. The van der Waals surface area contributed by atoms with Gasteiger partial charge in [0.15, 0.2) is 0 Å². The van der Waals surface area contributed by atoms with Gasteiger partial charge in [-0.2, -0.15) is 0 Å². The summed E-state index contributed by atoms with van der Waals surface area (Å²) in [6.45, 7) is 4.78. The molecule has 70 heavy (non-hydrogen) atoms. The summed E-state index contributed by atoms with van der Waals surface area (Å²) in [5.74, 6) is 0. The maximum Gasteiger partial charge on any atom is 0.0714 e. The van der Waals surface area contributed by atoms with Crippen molar-refractivity contribution in [3.8, 4) is 55.6 Å². The zero-order valence-corrected chi connectivity index (χ0v) is 39.8. The third kappa shape index (κ3) is 5.73. The lowest BCUT2D eigenvalue weighted by Gasteiger charge is -2.35. The van der Waals surface area contributed by atoms with E-state index < -0.39 is 5.41 Å². The van der Waals surface area contributed by atoms with Crippen molar-refractivity contribution >= 4 is 17.1 Å². The molecule has 0 aliphatic heterocycles. The number of nitrogens with zero attached hydrogens (tertiary/aromatic N) is 1. The van der Waals surface area contributed by atoms with Crippen LogP contribution in [0.2, 0.25) is 0 Å². The van der Waals surface area contributed by atoms with Crippen LogP contribution in [0.15, 0.2) is 237 Å². The van der Waals surface area contributed by atoms with Crippen molar-refractivity contribution in [2.24, 2.45) is 0 Å². The van der Waals surface area contributed by atoms with Crippen molar-refractivity contribution in [1.29, 1.82) is 0 Å². The van der Waals surface area contributed by atoms with E-state index >= 15 is 0 Å². The minimum Gasteiger partial charge on any atom is -0.310 e. The molecule has 0 amide bonds. The Morgan fingerprint density at radius 2 is 0.743 bits per heavy atom. The fourth-order valence-electron chi connectivity index (χ4n) is 14.0. The second kappa shape index (κ2) is 15.5. The maximum atomic E-state index is 2.56. The van der Waals surface area contributed by atoms with Gasteiger partial charge >= 0.3 is 0 Å². The molecule has 1 spiro atoms. The van der Waals surface area contributed by atoms with E-state index in [2.05, 4.69) is 255 Å². The van der Waals surface area contributed by atoms with E-state index in [1.54, 1.807) is 0 Å². The molecule has 0 unspecified atom stereocenters. The van der Waals surface area contributed by atoms with Crippen molar-refractivity contribution in [3.63, 3.8) is 0 Å². The van der Waals surface area contributed by atoms with Gasteiger partial charge in [0.2, 0.25) is 0 Å². The van der Waals surface area contributed by atoms with E-state index in [-0.39, 0.29) is 10.8 Å². The van der Waals surface area contributed by atoms with Crippen LogP contribution < -0.4 is 4.90 Å². The van der Waals surface area contributed by atoms with Crippen LogP contribution in [-0.4, -0.2) is 0 Å². The van der Waals surface area contributed by atoms with Crippen molar-refractivity contribution < 1.29 is 0 Å². The molecule has 1 saturated carbocycles. The predicted octanol–water partition coefficient (Wildman–Crippen LogP) is 18.0. The Hall–Kier alpha value is -8.00. The van der Waals surface area contributed by atoms with E-state index in [9.17, 15) is 0 Å². The average molecular weight is 896 g/mol. The van der Waals surface area contributed by atoms with Crippen molar-refractivity contribution in [3.05, 3.63) is 281 Å². The molecule has 14 rings (SSSR count). The second-order valence-corrected chi connectivity index (χ2v) is 20.6. The van der Waals surface area contributed by atoms with Crippen LogP contribution in [0.5, 0.6) is 0 Å². The molecule has 10 aromatic carbocycles. The normalized spacial score (nSPS) is 15.7. The van der Waals surface area contributed by atoms with Gasteiger partial charge in [-0.25, -0.2) is 0 Å². The van der Waals surface area contributed by atoms with Gasteiger partial charge in [0.1, 0.15) is 0 Å². The largest absolute Gasteiger partial charge is 0.310 e. The van der Waals surface area contributed by atoms with Crippen molar-refractivity contribution in [2.75, 3.05) is 4.90 Å². The van der Waals surface area contributed by atoms with Crippen molar-refractivity contribution in [2.45, 2.75) is 55.8 Å². The Bertz CT molecular complexity index is 3640. The molecule has 1 heteroatoms. The van der Waals surface area contributed by atoms with Crippen LogP contribution in [0, 0.1) is 0 Å². The Morgan fingerprint density at radius 1 is 0.314 bits per heavy atom. The Balaban J connectivity index is 0.958. The summed E-state index contributed by atoms with van der Waals surface area (Å²) in [5.41, 5.74) is 26.9. The minimum absolute atomic E-state index is 0.0457. The molecule has 0 heterocycles. The fourth-order valence-corrected chi connectivity index (χ4v) is 14.0. The van der Waals surface area contributed by atoms with E-state index in [0.717, 1.165) is 11.4 Å². The van der Waals surface area contributed by atoms with E-state index in [4.69, 9.17) is 0 Å². The molecular weight excluding hydrogens is 843 g/mol. The third-order valence-corrected chi connectivity index (χ3v) is 16.9. The van der Waals surface area contributed by atoms with E-state index in [1.165, 1.54) is 132 Å². The molecule has 1 fully saturated rings. The predicted molar refractivity (Wildman–Crippen MR) is 292 cm³/mol. The molecule has 0 aromatic heterocycles. The van der Waals surface area contributed by atoms with Crippen LogP contribution in [0.1, 0.15) is 84.0 Å². The topological polar surface area (TPSA) is 3.24 Å². The summed E-state index contributed by atoms with van der Waals surface area (Å²) in [7, 11) is 0. The second-order valence-electron chi connectivity index (χ2n) is 20.6. The van der Waals surface area contributed by atoms with Crippen LogP contribution in [0.25, 0.3) is 55.6 Å².